The topological polar surface area (TPSA) is 64.9 Å². The number of hydrogen-bond acceptors (Lipinski definition) is 6. The summed E-state index contributed by atoms with van der Waals surface area (Å²) in [5.74, 6) is 4.55. The summed E-state index contributed by atoms with van der Waals surface area (Å²) in [6, 6.07) is 0. The predicted octanol–water partition coefficient (Wildman–Crippen LogP) is 3.73. The highest BCUT2D eigenvalue weighted by Crippen LogP contribution is 2.44. The van der Waals surface area contributed by atoms with E-state index < -0.39 is 5.54 Å². The second-order valence-corrected chi connectivity index (χ2v) is 9.02. The maximum atomic E-state index is 6.57. The van der Waals surface area contributed by atoms with Crippen LogP contribution >= 0.6 is 23.5 Å². The van der Waals surface area contributed by atoms with Crippen molar-refractivity contribution in [2.45, 2.75) is 62.0 Å². The van der Waals surface area contributed by atoms with Crippen LogP contribution in [0.3, 0.4) is 0 Å². The van der Waals surface area contributed by atoms with Gasteiger partial charge in [-0.2, -0.15) is 16.7 Å². The molecule has 0 amide bonds. The maximum absolute atomic E-state index is 6.57. The van der Waals surface area contributed by atoms with Gasteiger partial charge in [-0.15, -0.1) is 11.8 Å². The van der Waals surface area contributed by atoms with Crippen molar-refractivity contribution >= 4 is 23.5 Å². The predicted molar refractivity (Wildman–Crippen MR) is 89.5 cm³/mol. The molecule has 0 radical (unpaired) electrons. The number of aromatic nitrogens is 2. The Morgan fingerprint density at radius 3 is 2.95 bits per heavy atom. The Kier molecular flexibility index (Phi) is 4.86. The molecule has 6 heteroatoms. The van der Waals surface area contributed by atoms with Gasteiger partial charge in [0, 0.05) is 16.8 Å². The third kappa shape index (κ3) is 3.27. The molecule has 4 atom stereocenters. The van der Waals surface area contributed by atoms with Crippen molar-refractivity contribution in [3.63, 3.8) is 0 Å². The van der Waals surface area contributed by atoms with Gasteiger partial charge in [-0.3, -0.25) is 0 Å². The highest BCUT2D eigenvalue weighted by atomic mass is 32.2. The summed E-state index contributed by atoms with van der Waals surface area (Å²) in [6.07, 6.45) is 5.48. The second-order valence-electron chi connectivity index (χ2n) is 6.42. The standard InChI is InChI=1S/C15H25N3OS2/c1-3-11-12(21-8-7-20-11)13-17-14(19-18-13)15(16)6-4-5-10(2)9-15/h10-12H,3-9,16H2,1-2H3. The molecule has 2 N–H and O–H groups in total. The molecular formula is C15H25N3OS2. The second kappa shape index (κ2) is 6.50. The third-order valence-corrected chi connectivity index (χ3v) is 7.85. The first-order valence-corrected chi connectivity index (χ1v) is 10.1. The Morgan fingerprint density at radius 1 is 1.38 bits per heavy atom. The zero-order valence-corrected chi connectivity index (χ0v) is 14.5. The quantitative estimate of drug-likeness (QED) is 0.912. The summed E-state index contributed by atoms with van der Waals surface area (Å²) in [5.41, 5.74) is 6.17. The molecule has 1 aromatic heterocycles. The number of rotatable bonds is 3. The van der Waals surface area contributed by atoms with E-state index in [9.17, 15) is 0 Å². The summed E-state index contributed by atoms with van der Waals surface area (Å²) in [4.78, 5) is 4.73. The lowest BCUT2D eigenvalue weighted by Crippen LogP contribution is -2.41. The third-order valence-electron chi connectivity index (χ3n) is 4.61. The Bertz CT molecular complexity index is 481. The van der Waals surface area contributed by atoms with E-state index in [1.54, 1.807) is 0 Å². The van der Waals surface area contributed by atoms with Crippen LogP contribution in [0.1, 0.15) is 62.9 Å². The average molecular weight is 328 g/mol. The minimum Gasteiger partial charge on any atom is -0.337 e. The first-order chi connectivity index (χ1) is 10.1. The molecule has 1 aliphatic heterocycles. The van der Waals surface area contributed by atoms with E-state index in [4.69, 9.17) is 15.2 Å². The molecule has 1 saturated carbocycles. The van der Waals surface area contributed by atoms with Crippen LogP contribution < -0.4 is 5.73 Å². The lowest BCUT2D eigenvalue weighted by atomic mass is 9.77. The van der Waals surface area contributed by atoms with Crippen LogP contribution in [0.15, 0.2) is 4.52 Å². The van der Waals surface area contributed by atoms with Gasteiger partial charge in [-0.25, -0.2) is 0 Å². The molecule has 2 aliphatic rings. The molecule has 3 rings (SSSR count). The molecule has 1 saturated heterocycles. The number of hydrogen-bond donors (Lipinski definition) is 1. The Hall–Kier alpha value is -0.200. The van der Waals surface area contributed by atoms with Crippen molar-refractivity contribution in [3.8, 4) is 0 Å². The minimum absolute atomic E-state index is 0.357. The number of nitrogens with zero attached hydrogens (tertiary/aromatic N) is 2. The Labute approximate surface area is 135 Å². The van der Waals surface area contributed by atoms with Crippen molar-refractivity contribution in [1.82, 2.24) is 10.1 Å². The first-order valence-electron chi connectivity index (χ1n) is 7.98. The van der Waals surface area contributed by atoms with E-state index in [0.717, 1.165) is 31.5 Å². The molecular weight excluding hydrogens is 302 g/mol. The van der Waals surface area contributed by atoms with E-state index >= 15 is 0 Å². The molecule has 0 bridgehead atoms. The fourth-order valence-corrected chi connectivity index (χ4v) is 6.46. The van der Waals surface area contributed by atoms with Crippen LogP contribution in [0.2, 0.25) is 0 Å². The molecule has 2 heterocycles. The van der Waals surface area contributed by atoms with Gasteiger partial charge in [-0.1, -0.05) is 31.8 Å². The van der Waals surface area contributed by atoms with Crippen LogP contribution in [0.5, 0.6) is 0 Å². The fourth-order valence-electron chi connectivity index (χ4n) is 3.48. The van der Waals surface area contributed by atoms with Gasteiger partial charge in [-0.05, 0) is 25.2 Å². The summed E-state index contributed by atoms with van der Waals surface area (Å²) in [6.45, 7) is 4.50. The minimum atomic E-state index is -0.406. The zero-order chi connectivity index (χ0) is 14.9. The van der Waals surface area contributed by atoms with Crippen LogP contribution in [-0.4, -0.2) is 26.9 Å². The molecule has 0 spiro atoms. The molecule has 4 nitrogen and oxygen atoms in total. The molecule has 1 aromatic rings. The largest absolute Gasteiger partial charge is 0.337 e. The summed E-state index contributed by atoms with van der Waals surface area (Å²) in [7, 11) is 0. The lowest BCUT2D eigenvalue weighted by molar-refractivity contribution is 0.183. The zero-order valence-electron chi connectivity index (χ0n) is 12.9. The van der Waals surface area contributed by atoms with Gasteiger partial charge in [0.15, 0.2) is 5.82 Å². The Morgan fingerprint density at radius 2 is 2.19 bits per heavy atom. The average Bonchev–Trinajstić information content (AvgIpc) is 2.97. The van der Waals surface area contributed by atoms with Crippen molar-refractivity contribution in [1.29, 1.82) is 0 Å². The van der Waals surface area contributed by atoms with E-state index in [2.05, 4.69) is 19.0 Å². The van der Waals surface area contributed by atoms with Gasteiger partial charge in [0.2, 0.25) is 5.89 Å². The highest BCUT2D eigenvalue weighted by molar-refractivity contribution is 8.06. The van der Waals surface area contributed by atoms with Gasteiger partial charge in [0.25, 0.3) is 0 Å². The first kappa shape index (κ1) is 15.7. The molecule has 1 aliphatic carbocycles. The smallest absolute Gasteiger partial charge is 0.246 e. The van der Waals surface area contributed by atoms with E-state index in [-0.39, 0.29) is 0 Å². The van der Waals surface area contributed by atoms with Gasteiger partial charge >= 0.3 is 0 Å². The molecule has 2 fully saturated rings. The fraction of sp³-hybridized carbons (Fsp3) is 0.867. The normalized spacial score (nSPS) is 37.6. The van der Waals surface area contributed by atoms with Gasteiger partial charge < -0.3 is 10.3 Å². The molecule has 0 aromatic carbocycles. The highest BCUT2D eigenvalue weighted by Gasteiger charge is 2.39. The molecule has 4 unspecified atom stereocenters. The van der Waals surface area contributed by atoms with Gasteiger partial charge in [0.05, 0.1) is 10.8 Å². The summed E-state index contributed by atoms with van der Waals surface area (Å²) >= 11 is 4.00. The molecule has 118 valence electrons. The number of thioether (sulfide) groups is 2. The van der Waals surface area contributed by atoms with Crippen LogP contribution in [0.25, 0.3) is 0 Å². The van der Waals surface area contributed by atoms with Crippen molar-refractivity contribution in [2.75, 3.05) is 11.5 Å². The SMILES string of the molecule is CCC1SCCSC1c1noc(C2(N)CCCC(C)C2)n1. The summed E-state index contributed by atoms with van der Waals surface area (Å²) < 4.78 is 5.59. The van der Waals surface area contributed by atoms with E-state index in [1.165, 1.54) is 17.9 Å². The number of nitrogens with two attached hydrogens (primary N) is 1. The van der Waals surface area contributed by atoms with E-state index in [1.807, 2.05) is 23.5 Å². The molecule has 21 heavy (non-hydrogen) atoms. The van der Waals surface area contributed by atoms with Crippen LogP contribution in [-0.2, 0) is 5.54 Å². The van der Waals surface area contributed by atoms with E-state index in [0.29, 0.717) is 22.3 Å². The summed E-state index contributed by atoms with van der Waals surface area (Å²) in [5, 5.41) is 5.23. The van der Waals surface area contributed by atoms with Crippen molar-refractivity contribution < 1.29 is 4.52 Å². The van der Waals surface area contributed by atoms with Crippen molar-refractivity contribution in [3.05, 3.63) is 11.7 Å². The van der Waals surface area contributed by atoms with Crippen LogP contribution in [0.4, 0.5) is 0 Å². The monoisotopic (exact) mass is 327 g/mol. The van der Waals surface area contributed by atoms with Crippen molar-refractivity contribution in [2.24, 2.45) is 11.7 Å². The van der Waals surface area contributed by atoms with Crippen LogP contribution in [0, 0.1) is 5.92 Å². The maximum Gasteiger partial charge on any atom is 0.246 e. The lowest BCUT2D eigenvalue weighted by Gasteiger charge is -2.33. The Balaban J connectivity index is 1.79. The van der Waals surface area contributed by atoms with Gasteiger partial charge in [0.1, 0.15) is 0 Å².